The molecule has 1 unspecified atom stereocenters. The van der Waals surface area contributed by atoms with Crippen molar-refractivity contribution in [1.82, 2.24) is 30.6 Å². The van der Waals surface area contributed by atoms with Crippen LogP contribution in [0.15, 0.2) is 49.3 Å². The summed E-state index contributed by atoms with van der Waals surface area (Å²) in [7, 11) is 0. The second kappa shape index (κ2) is 9.47. The van der Waals surface area contributed by atoms with Gasteiger partial charge in [-0.25, -0.2) is 19.9 Å². The first-order chi connectivity index (χ1) is 15.9. The van der Waals surface area contributed by atoms with E-state index in [0.29, 0.717) is 40.8 Å². The van der Waals surface area contributed by atoms with Gasteiger partial charge in [-0.3, -0.25) is 9.59 Å². The number of hydrogen-bond acceptors (Lipinski definition) is 8. The van der Waals surface area contributed by atoms with Crippen LogP contribution in [0.1, 0.15) is 47.6 Å². The summed E-state index contributed by atoms with van der Waals surface area (Å²) in [5.41, 5.74) is 0.0258. The molecule has 11 heteroatoms. The summed E-state index contributed by atoms with van der Waals surface area (Å²) < 4.78 is 5.69. The van der Waals surface area contributed by atoms with Crippen LogP contribution in [0.3, 0.4) is 0 Å². The monoisotopic (exact) mass is 468 g/mol. The van der Waals surface area contributed by atoms with Crippen LogP contribution in [0, 0.1) is 0 Å². The van der Waals surface area contributed by atoms with E-state index in [4.69, 9.17) is 16.3 Å². The third-order valence-electron chi connectivity index (χ3n) is 5.12. The lowest BCUT2D eigenvalue weighted by Gasteiger charge is -2.17. The highest BCUT2D eigenvalue weighted by Gasteiger charge is 2.51. The number of aliphatic hydroxyl groups excluding tert-OH is 1. The van der Waals surface area contributed by atoms with Crippen molar-refractivity contribution >= 4 is 23.4 Å². The summed E-state index contributed by atoms with van der Waals surface area (Å²) in [5, 5.41) is 15.5. The summed E-state index contributed by atoms with van der Waals surface area (Å²) in [6.45, 7) is 1.74. The highest BCUT2D eigenvalue weighted by molar-refractivity contribution is 6.32. The molecule has 1 atom stereocenters. The number of benzene rings is 1. The van der Waals surface area contributed by atoms with E-state index in [1.165, 1.54) is 31.1 Å². The minimum absolute atomic E-state index is 0.0923. The Morgan fingerprint density at radius 3 is 2.48 bits per heavy atom. The van der Waals surface area contributed by atoms with Crippen molar-refractivity contribution in [3.8, 4) is 11.5 Å². The molecule has 1 aliphatic rings. The van der Waals surface area contributed by atoms with E-state index in [2.05, 4.69) is 30.6 Å². The molecule has 3 aromatic rings. The van der Waals surface area contributed by atoms with E-state index in [1.54, 1.807) is 25.1 Å². The first kappa shape index (κ1) is 22.6. The Morgan fingerprint density at radius 2 is 1.88 bits per heavy atom. The highest BCUT2D eigenvalue weighted by Crippen LogP contribution is 2.36. The molecular formula is C22H21ClN6O4. The van der Waals surface area contributed by atoms with Gasteiger partial charge in [-0.15, -0.1) is 0 Å². The molecule has 33 heavy (non-hydrogen) atoms. The lowest BCUT2D eigenvalue weighted by molar-refractivity contribution is -0.124. The van der Waals surface area contributed by atoms with Gasteiger partial charge in [0, 0.05) is 12.4 Å². The summed E-state index contributed by atoms with van der Waals surface area (Å²) >= 11 is 6.20. The molecule has 1 aromatic carbocycles. The van der Waals surface area contributed by atoms with Gasteiger partial charge in [-0.2, -0.15) is 0 Å². The molecule has 2 amide bonds. The van der Waals surface area contributed by atoms with Crippen molar-refractivity contribution in [2.24, 2.45) is 0 Å². The number of carbonyl (C=O) groups excluding carboxylic acids is 2. The van der Waals surface area contributed by atoms with Crippen molar-refractivity contribution in [3.63, 3.8) is 0 Å². The third kappa shape index (κ3) is 5.41. The molecule has 2 aromatic heterocycles. The van der Waals surface area contributed by atoms with E-state index in [1.807, 2.05) is 0 Å². The van der Waals surface area contributed by atoms with Gasteiger partial charge in [0.2, 0.25) is 5.91 Å². The number of nitrogens with zero attached hydrogens (tertiary/aromatic N) is 4. The summed E-state index contributed by atoms with van der Waals surface area (Å²) in [5.74, 6) is 0.446. The number of carbonyl (C=O) groups is 2. The zero-order valence-electron chi connectivity index (χ0n) is 17.7. The van der Waals surface area contributed by atoms with Crippen molar-refractivity contribution in [3.05, 3.63) is 71.3 Å². The van der Waals surface area contributed by atoms with Crippen molar-refractivity contribution in [2.75, 3.05) is 0 Å². The number of hydrogen-bond donors (Lipinski definition) is 3. The van der Waals surface area contributed by atoms with Crippen LogP contribution in [0.25, 0.3) is 0 Å². The summed E-state index contributed by atoms with van der Waals surface area (Å²) in [6, 6.07) is 5.00. The molecule has 1 aliphatic carbocycles. The van der Waals surface area contributed by atoms with Gasteiger partial charge in [-0.05, 0) is 37.5 Å². The van der Waals surface area contributed by atoms with Gasteiger partial charge in [0.25, 0.3) is 5.91 Å². The fourth-order valence-electron chi connectivity index (χ4n) is 3.04. The predicted octanol–water partition coefficient (Wildman–Crippen LogP) is 2.34. The number of halogens is 1. The number of nitrogens with one attached hydrogen (secondary N) is 2. The van der Waals surface area contributed by atoms with E-state index in [0.717, 1.165) is 0 Å². The normalized spacial score (nSPS) is 14.8. The lowest BCUT2D eigenvalue weighted by Crippen LogP contribution is -2.48. The number of ether oxygens (including phenoxy) is 1. The molecule has 10 nitrogen and oxygen atoms in total. The number of aromatic nitrogens is 4. The molecular weight excluding hydrogens is 448 g/mol. The fourth-order valence-corrected chi connectivity index (χ4v) is 3.27. The van der Waals surface area contributed by atoms with Crippen LogP contribution in [0.5, 0.6) is 11.5 Å². The van der Waals surface area contributed by atoms with Crippen molar-refractivity contribution in [1.29, 1.82) is 0 Å². The lowest BCUT2D eigenvalue weighted by atomic mass is 10.1. The molecule has 4 rings (SSSR count). The molecule has 1 saturated carbocycles. The van der Waals surface area contributed by atoms with Gasteiger partial charge < -0.3 is 20.5 Å². The molecule has 3 N–H and O–H groups in total. The quantitative estimate of drug-likeness (QED) is 0.457. The molecule has 0 saturated heterocycles. The van der Waals surface area contributed by atoms with Gasteiger partial charge >= 0.3 is 0 Å². The van der Waals surface area contributed by atoms with E-state index < -0.39 is 17.6 Å². The Morgan fingerprint density at radius 1 is 1.18 bits per heavy atom. The van der Waals surface area contributed by atoms with E-state index >= 15 is 0 Å². The minimum Gasteiger partial charge on any atom is -0.453 e. The Kier molecular flexibility index (Phi) is 6.47. The van der Waals surface area contributed by atoms with Crippen LogP contribution in [0.4, 0.5) is 0 Å². The van der Waals surface area contributed by atoms with Gasteiger partial charge in [0.05, 0.1) is 35.6 Å². The smallest absolute Gasteiger partial charge is 0.255 e. The van der Waals surface area contributed by atoms with Gasteiger partial charge in [-0.1, -0.05) is 17.7 Å². The second-order valence-corrected chi connectivity index (χ2v) is 8.06. The van der Waals surface area contributed by atoms with Crippen LogP contribution < -0.4 is 15.4 Å². The van der Waals surface area contributed by atoms with Gasteiger partial charge in [0.1, 0.15) is 23.4 Å². The first-order valence-electron chi connectivity index (χ1n) is 10.2. The maximum atomic E-state index is 12.6. The summed E-state index contributed by atoms with van der Waals surface area (Å²) in [4.78, 5) is 40.9. The molecule has 0 radical (unpaired) electrons. The largest absolute Gasteiger partial charge is 0.453 e. The number of aliphatic hydroxyl groups is 1. The topological polar surface area (TPSA) is 139 Å². The third-order valence-corrected chi connectivity index (χ3v) is 5.41. The molecule has 1 fully saturated rings. The van der Waals surface area contributed by atoms with Crippen LogP contribution in [-0.2, 0) is 11.3 Å². The van der Waals surface area contributed by atoms with Crippen LogP contribution in [0.2, 0.25) is 5.02 Å². The molecule has 0 aliphatic heterocycles. The summed E-state index contributed by atoms with van der Waals surface area (Å²) in [6.07, 6.45) is 7.50. The molecule has 0 spiro atoms. The minimum atomic E-state index is -0.940. The second-order valence-electron chi connectivity index (χ2n) is 7.65. The Labute approximate surface area is 194 Å². The van der Waals surface area contributed by atoms with Crippen LogP contribution in [-0.4, -0.2) is 42.4 Å². The standard InChI is InChI=1S/C22H21ClN6O4/c1-13(30)14-2-3-18(17(23)6-14)33-16-9-26-19(27-10-16)11-28-21(32)22(4-5-22)29-20(31)15-7-24-12-25-8-15/h2-3,6-10,12-13,30H,4-5,11H2,1H3,(H,28,32)(H,29,31). The molecule has 0 bridgehead atoms. The Balaban J connectivity index is 1.31. The van der Waals surface area contributed by atoms with E-state index in [-0.39, 0.29) is 18.0 Å². The fraction of sp³-hybridized carbons (Fsp3) is 0.273. The van der Waals surface area contributed by atoms with E-state index in [9.17, 15) is 14.7 Å². The molecule has 2 heterocycles. The zero-order chi connectivity index (χ0) is 23.4. The number of amides is 2. The van der Waals surface area contributed by atoms with Crippen molar-refractivity contribution < 1.29 is 19.4 Å². The SMILES string of the molecule is CC(O)c1ccc(Oc2cnc(CNC(=O)C3(NC(=O)c4cncnc4)CC3)nc2)c(Cl)c1. The number of rotatable bonds is 8. The average Bonchev–Trinajstić information content (AvgIpc) is 3.60. The Hall–Kier alpha value is -3.63. The zero-order valence-corrected chi connectivity index (χ0v) is 18.4. The maximum Gasteiger partial charge on any atom is 0.255 e. The maximum absolute atomic E-state index is 12.6. The average molecular weight is 469 g/mol. The predicted molar refractivity (Wildman–Crippen MR) is 118 cm³/mol. The molecule has 170 valence electrons. The van der Waals surface area contributed by atoms with Gasteiger partial charge in [0.15, 0.2) is 5.75 Å². The highest BCUT2D eigenvalue weighted by atomic mass is 35.5. The van der Waals surface area contributed by atoms with Crippen molar-refractivity contribution in [2.45, 2.75) is 38.0 Å². The Bertz CT molecular complexity index is 1150. The van der Waals surface area contributed by atoms with Crippen LogP contribution >= 0.6 is 11.6 Å². The first-order valence-corrected chi connectivity index (χ1v) is 10.6.